The molecule has 0 saturated carbocycles. The van der Waals surface area contributed by atoms with E-state index in [2.05, 4.69) is 5.32 Å². The molecular formula is C20H21F2NO3. The Bertz CT molecular complexity index is 780. The highest BCUT2D eigenvalue weighted by Crippen LogP contribution is 2.16. The molecule has 0 saturated heterocycles. The Hall–Kier alpha value is -2.76. The largest absolute Gasteiger partial charge is 0.467 e. The Balaban J connectivity index is 2.14. The highest BCUT2D eigenvalue weighted by Gasteiger charge is 2.23. The van der Waals surface area contributed by atoms with Crippen LogP contribution in [0.2, 0.25) is 0 Å². The average molecular weight is 361 g/mol. The lowest BCUT2D eigenvalue weighted by Gasteiger charge is -2.19. The summed E-state index contributed by atoms with van der Waals surface area (Å²) in [7, 11) is 1.24. The number of benzene rings is 2. The molecule has 138 valence electrons. The maximum absolute atomic E-state index is 13.3. The molecule has 0 aromatic heterocycles. The summed E-state index contributed by atoms with van der Waals surface area (Å²) >= 11 is 0. The summed E-state index contributed by atoms with van der Waals surface area (Å²) in [6.45, 7) is 3.85. The van der Waals surface area contributed by atoms with E-state index in [1.54, 1.807) is 0 Å². The molecule has 4 nitrogen and oxygen atoms in total. The Kier molecular flexibility index (Phi) is 6.44. The third-order valence-electron chi connectivity index (χ3n) is 4.16. The number of methoxy groups -OCH3 is 1. The monoisotopic (exact) mass is 361 g/mol. The molecule has 0 unspecified atom stereocenters. The van der Waals surface area contributed by atoms with Gasteiger partial charge >= 0.3 is 5.97 Å². The van der Waals surface area contributed by atoms with Crippen LogP contribution < -0.4 is 5.32 Å². The van der Waals surface area contributed by atoms with Crippen LogP contribution in [-0.4, -0.2) is 25.0 Å². The second-order valence-corrected chi connectivity index (χ2v) is 6.17. The number of hydrogen-bond acceptors (Lipinski definition) is 3. The first-order valence-electron chi connectivity index (χ1n) is 8.17. The molecule has 2 aromatic carbocycles. The van der Waals surface area contributed by atoms with Crippen LogP contribution >= 0.6 is 0 Å². The van der Waals surface area contributed by atoms with Gasteiger partial charge in [-0.05, 0) is 48.2 Å². The Labute approximate surface area is 151 Å². The van der Waals surface area contributed by atoms with E-state index in [1.165, 1.54) is 7.11 Å². The van der Waals surface area contributed by atoms with Crippen LogP contribution in [0.1, 0.15) is 22.3 Å². The fourth-order valence-electron chi connectivity index (χ4n) is 2.85. The summed E-state index contributed by atoms with van der Waals surface area (Å²) in [6, 6.07) is 7.79. The van der Waals surface area contributed by atoms with Crippen molar-refractivity contribution in [3.63, 3.8) is 0 Å². The van der Waals surface area contributed by atoms with Gasteiger partial charge in [0.2, 0.25) is 5.91 Å². The molecule has 0 radical (unpaired) electrons. The van der Waals surface area contributed by atoms with Crippen LogP contribution in [0.25, 0.3) is 0 Å². The van der Waals surface area contributed by atoms with Crippen molar-refractivity contribution in [2.75, 3.05) is 7.11 Å². The van der Waals surface area contributed by atoms with Crippen LogP contribution in [0.15, 0.2) is 36.4 Å². The average Bonchev–Trinajstić information content (AvgIpc) is 2.55. The second-order valence-electron chi connectivity index (χ2n) is 6.17. The van der Waals surface area contributed by atoms with Gasteiger partial charge < -0.3 is 10.1 Å². The van der Waals surface area contributed by atoms with Gasteiger partial charge in [0.05, 0.1) is 13.5 Å². The molecule has 0 aliphatic carbocycles. The molecule has 1 amide bonds. The maximum Gasteiger partial charge on any atom is 0.328 e. The van der Waals surface area contributed by atoms with Crippen LogP contribution in [-0.2, 0) is 27.2 Å². The van der Waals surface area contributed by atoms with Crippen LogP contribution in [0.4, 0.5) is 8.78 Å². The van der Waals surface area contributed by atoms with Crippen molar-refractivity contribution in [2.45, 2.75) is 32.7 Å². The molecule has 0 spiro atoms. The molecule has 0 aliphatic rings. The van der Waals surface area contributed by atoms with E-state index in [1.807, 2.05) is 32.0 Å². The Morgan fingerprint density at radius 1 is 1.08 bits per heavy atom. The van der Waals surface area contributed by atoms with Crippen molar-refractivity contribution in [1.82, 2.24) is 5.32 Å². The van der Waals surface area contributed by atoms with Gasteiger partial charge in [-0.3, -0.25) is 4.79 Å². The van der Waals surface area contributed by atoms with Crippen molar-refractivity contribution in [3.05, 3.63) is 70.3 Å². The highest BCUT2D eigenvalue weighted by molar-refractivity contribution is 5.85. The zero-order valence-electron chi connectivity index (χ0n) is 14.9. The summed E-state index contributed by atoms with van der Waals surface area (Å²) in [5, 5.41) is 2.60. The topological polar surface area (TPSA) is 55.4 Å². The maximum atomic E-state index is 13.3. The van der Waals surface area contributed by atoms with E-state index < -0.39 is 29.6 Å². The fourth-order valence-corrected chi connectivity index (χ4v) is 2.85. The van der Waals surface area contributed by atoms with Gasteiger partial charge in [-0.25, -0.2) is 13.6 Å². The lowest BCUT2D eigenvalue weighted by atomic mass is 9.96. The number of esters is 1. The third kappa shape index (κ3) is 5.12. The van der Waals surface area contributed by atoms with Crippen LogP contribution in [0.3, 0.4) is 0 Å². The number of carbonyl (C=O) groups excluding carboxylic acids is 2. The number of halogens is 2. The van der Waals surface area contributed by atoms with Crippen molar-refractivity contribution in [1.29, 1.82) is 0 Å². The van der Waals surface area contributed by atoms with Gasteiger partial charge in [0, 0.05) is 12.5 Å². The zero-order chi connectivity index (χ0) is 19.3. The molecule has 0 aliphatic heterocycles. The van der Waals surface area contributed by atoms with Crippen molar-refractivity contribution >= 4 is 11.9 Å². The Morgan fingerprint density at radius 3 is 2.19 bits per heavy atom. The summed E-state index contributed by atoms with van der Waals surface area (Å²) in [5.74, 6) is -2.61. The number of aryl methyl sites for hydroxylation is 2. The molecule has 2 rings (SSSR count). The smallest absolute Gasteiger partial charge is 0.328 e. The third-order valence-corrected chi connectivity index (χ3v) is 4.16. The van der Waals surface area contributed by atoms with Crippen molar-refractivity contribution < 1.29 is 23.1 Å². The normalized spacial score (nSPS) is 11.7. The van der Waals surface area contributed by atoms with E-state index in [-0.39, 0.29) is 18.4 Å². The standard InChI is InChI=1S/C20H21F2NO3/c1-12-5-4-6-13(2)17(12)11-18(20(25)26-3)23-19(24)9-14-7-15(21)10-16(22)8-14/h4-8,10,18H,9,11H2,1-3H3,(H,23,24)/t18-/m0/s1. The minimum absolute atomic E-state index is 0.190. The van der Waals surface area contributed by atoms with Crippen LogP contribution in [0, 0.1) is 25.5 Å². The first-order chi connectivity index (χ1) is 12.3. The molecule has 2 aromatic rings. The minimum atomic E-state index is -0.884. The lowest BCUT2D eigenvalue weighted by molar-refractivity contribution is -0.145. The van der Waals surface area contributed by atoms with Gasteiger partial charge in [-0.1, -0.05) is 18.2 Å². The van der Waals surface area contributed by atoms with Crippen LogP contribution in [0.5, 0.6) is 0 Å². The minimum Gasteiger partial charge on any atom is -0.467 e. The predicted molar refractivity (Wildman–Crippen MR) is 93.6 cm³/mol. The lowest BCUT2D eigenvalue weighted by Crippen LogP contribution is -2.44. The molecular weight excluding hydrogens is 340 g/mol. The number of ether oxygens (including phenoxy) is 1. The van der Waals surface area contributed by atoms with E-state index in [0.717, 1.165) is 34.9 Å². The molecule has 26 heavy (non-hydrogen) atoms. The first-order valence-corrected chi connectivity index (χ1v) is 8.17. The number of carbonyl (C=O) groups is 2. The number of nitrogens with one attached hydrogen (secondary N) is 1. The molecule has 0 bridgehead atoms. The number of hydrogen-bond donors (Lipinski definition) is 1. The van der Waals surface area contributed by atoms with Gasteiger partial charge in [0.25, 0.3) is 0 Å². The van der Waals surface area contributed by atoms with Gasteiger partial charge in [0.15, 0.2) is 0 Å². The van der Waals surface area contributed by atoms with Crippen molar-refractivity contribution in [2.24, 2.45) is 0 Å². The number of rotatable bonds is 6. The zero-order valence-corrected chi connectivity index (χ0v) is 14.9. The quantitative estimate of drug-likeness (QED) is 0.805. The number of amides is 1. The fraction of sp³-hybridized carbons (Fsp3) is 0.300. The molecule has 0 heterocycles. The summed E-state index contributed by atoms with van der Waals surface area (Å²) in [6.07, 6.45) is 0.0311. The first kappa shape index (κ1) is 19.6. The van der Waals surface area contributed by atoms with Gasteiger partial charge in [-0.15, -0.1) is 0 Å². The van der Waals surface area contributed by atoms with Crippen molar-refractivity contribution in [3.8, 4) is 0 Å². The van der Waals surface area contributed by atoms with E-state index in [9.17, 15) is 18.4 Å². The van der Waals surface area contributed by atoms with E-state index >= 15 is 0 Å². The SMILES string of the molecule is COC(=O)[C@H](Cc1c(C)cccc1C)NC(=O)Cc1cc(F)cc(F)c1. The molecule has 1 atom stereocenters. The highest BCUT2D eigenvalue weighted by atomic mass is 19.1. The molecule has 0 fully saturated rings. The molecule has 1 N–H and O–H groups in total. The van der Waals surface area contributed by atoms with Gasteiger partial charge in [-0.2, -0.15) is 0 Å². The summed E-state index contributed by atoms with van der Waals surface area (Å²) < 4.78 is 31.3. The Morgan fingerprint density at radius 2 is 1.65 bits per heavy atom. The summed E-state index contributed by atoms with van der Waals surface area (Å²) in [4.78, 5) is 24.3. The molecule has 6 heteroatoms. The van der Waals surface area contributed by atoms with Gasteiger partial charge in [0.1, 0.15) is 17.7 Å². The summed E-state index contributed by atoms with van der Waals surface area (Å²) in [5.41, 5.74) is 3.14. The van der Waals surface area contributed by atoms with E-state index in [4.69, 9.17) is 4.74 Å². The predicted octanol–water partition coefficient (Wildman–Crippen LogP) is 3.02. The van der Waals surface area contributed by atoms with E-state index in [0.29, 0.717) is 0 Å². The second kappa shape index (κ2) is 8.56.